The predicted molar refractivity (Wildman–Crippen MR) is 528 cm³/mol. The Kier molecular flexibility index (Phi) is 51.4. The second-order valence-corrected chi connectivity index (χ2v) is 42.8. The lowest BCUT2D eigenvalue weighted by Gasteiger charge is -2.31. The van der Waals surface area contributed by atoms with Gasteiger partial charge < -0.3 is 46.0 Å². The van der Waals surface area contributed by atoms with Gasteiger partial charge in [0.2, 0.25) is 47.8 Å². The van der Waals surface area contributed by atoms with E-state index in [0.29, 0.717) is 122 Å². The van der Waals surface area contributed by atoms with E-state index in [0.717, 1.165) is 73.9 Å². The van der Waals surface area contributed by atoms with Gasteiger partial charge in [-0.05, 0) is 184 Å². The highest BCUT2D eigenvalue weighted by Gasteiger charge is 2.35. The first-order chi connectivity index (χ1) is 66.0. The Morgan fingerprint density at radius 3 is 0.801 bits per heavy atom. The minimum absolute atomic E-state index is 0.00332. The van der Waals surface area contributed by atoms with E-state index >= 15 is 0 Å². The topological polar surface area (TPSA) is 418 Å². The zero-order valence-corrected chi connectivity index (χ0v) is 87.5. The summed E-state index contributed by atoms with van der Waals surface area (Å²) < 4.78 is 167. The number of halogens is 6. The molecule has 786 valence electrons. The van der Waals surface area contributed by atoms with E-state index in [1.54, 1.807) is 47.4 Å². The third kappa shape index (κ3) is 39.7. The molecule has 0 saturated carbocycles. The van der Waals surface area contributed by atoms with Crippen molar-refractivity contribution in [3.8, 4) is 0 Å². The van der Waals surface area contributed by atoms with Gasteiger partial charge in [-0.2, -0.15) is 0 Å². The molecule has 0 bridgehead atoms. The van der Waals surface area contributed by atoms with Gasteiger partial charge in [0.1, 0.15) is 34.9 Å². The molecule has 6 aromatic carbocycles. The number of hydrazine groups is 3. The van der Waals surface area contributed by atoms with Gasteiger partial charge in [-0.25, -0.2) is 79.5 Å². The summed E-state index contributed by atoms with van der Waals surface area (Å²) in [5, 5.41) is 46.5. The minimum atomic E-state index is -4.08. The molecule has 0 radical (unpaired) electrons. The maximum atomic E-state index is 14.1. The summed E-state index contributed by atoms with van der Waals surface area (Å²) in [7, 11) is -2.75. The average Bonchev–Trinajstić information content (AvgIpc) is 0.794. The van der Waals surface area contributed by atoms with Crippen LogP contribution in [-0.4, -0.2) is 294 Å². The summed E-state index contributed by atoms with van der Waals surface area (Å²) in [5.41, 5.74) is 8.10. The van der Waals surface area contributed by atoms with Crippen LogP contribution in [-0.2, 0) is 63.7 Å². The van der Waals surface area contributed by atoms with Crippen molar-refractivity contribution in [1.29, 1.82) is 0 Å². The lowest BCUT2D eigenvalue weighted by molar-refractivity contribution is -0.130. The molecule has 6 rings (SSSR count). The number of nitrogens with zero attached hydrogens (tertiary/aromatic N) is 9. The third-order valence-electron chi connectivity index (χ3n) is 21.9. The van der Waals surface area contributed by atoms with Crippen molar-refractivity contribution in [3.63, 3.8) is 0 Å². The predicted octanol–water partition coefficient (Wildman–Crippen LogP) is 10.7. The molecule has 9 amide bonds. The van der Waals surface area contributed by atoms with E-state index in [4.69, 9.17) is 0 Å². The molecule has 6 unspecified atom stereocenters. The number of unbranched alkanes of at least 4 members (excludes halogenated alkanes) is 1. The highest BCUT2D eigenvalue weighted by molar-refractivity contribution is 7.89. The molecule has 33 nitrogen and oxygen atoms in total. The van der Waals surface area contributed by atoms with Crippen LogP contribution in [0.4, 0.5) is 26.3 Å². The summed E-state index contributed by atoms with van der Waals surface area (Å²) in [5.74, 6) is -10.3. The van der Waals surface area contributed by atoms with Crippen molar-refractivity contribution in [3.05, 3.63) is 194 Å². The number of rotatable bonds is 54. The number of hydrogen-bond donors (Lipinski definition) is 9. The fourth-order valence-electron chi connectivity index (χ4n) is 14.7. The molecular formula is C99H147F6N15O18S3. The van der Waals surface area contributed by atoms with Crippen molar-refractivity contribution >= 4 is 83.2 Å². The SMILES string of the molecule is CCCCN(CC(O)C(Cc1cc(F)cc(F)c1)NC(=O)c1cc(C(=O)N(CCC)CCC)cc(S(=O)(=O)N(C)C)c1)NC(=O)C(C)C.CCCN(CC(O)C(Cc1cc(F)cc(F)c1)NC(=O)c1cc(C(=O)N(CCC)CCC)cc(S(=O)(=O)N(C)C)c1)NC(=O)C(C)C.CCCN(CCC)C(=O)c1cc(C(=O)NC(Cc2cc(F)cc(F)c2)C(O)CN(C)NC(=O)CC(C)C)cc(S(=O)(=O)N(C)C)c1. The molecule has 0 fully saturated rings. The first-order valence-electron chi connectivity index (χ1n) is 47.6. The first kappa shape index (κ1) is 123. The highest BCUT2D eigenvalue weighted by Crippen LogP contribution is 2.27. The van der Waals surface area contributed by atoms with E-state index in [-0.39, 0.29) is 146 Å². The van der Waals surface area contributed by atoms with Gasteiger partial charge in [-0.3, -0.25) is 59.4 Å². The monoisotopic (exact) mass is 2040 g/mol. The van der Waals surface area contributed by atoms with Crippen LogP contribution in [0.3, 0.4) is 0 Å². The molecule has 6 aromatic rings. The van der Waals surface area contributed by atoms with E-state index in [2.05, 4.69) is 32.2 Å². The number of nitrogens with one attached hydrogen (secondary N) is 6. The van der Waals surface area contributed by atoms with Gasteiger partial charge in [-0.15, -0.1) is 0 Å². The van der Waals surface area contributed by atoms with Crippen LogP contribution in [0.1, 0.15) is 240 Å². The quantitative estimate of drug-likeness (QED) is 0.0126. The Labute approximate surface area is 828 Å². The average molecular weight is 2050 g/mol. The second kappa shape index (κ2) is 59.0. The number of amides is 9. The molecule has 42 heteroatoms. The van der Waals surface area contributed by atoms with Crippen LogP contribution in [0.25, 0.3) is 0 Å². The standard InChI is InChI=1S/C34H51F2N5O6S.C33H49F2N5O6S.C32H47F2N5O6S/c1-8-11-14-41(38-32(43)23(4)5)22-31(42)30(17-24-15-27(35)21-28(36)16-24)37-33(44)25-18-26(34(45)40(12-9-2)13-10-3)20-29(19-25)48(46,47)39(6)7;1-8-11-39(12-9-2)33(44)25-17-24(18-28(19-25)47(45,46)38(6)7)32(43)36-29(16-23-14-26(34)20-27(35)15-23)30(41)21-40(13-10-3)37-31(42)22(4)5;1-8-10-39(11-9-2)32(43)24-16-23(17-27(18-24)46(44,45)37(5)6)31(42)35-28(15-22-13-25(33)19-26(34)14-22)29(40)20-38(7)36-30(41)12-21(3)4/h15-16,18-21,23,30-31,42H,8-14,17,22H2,1-7H3,(H,37,44)(H,38,43);14-15,17-20,22,29-30,41H,8-13,16,21H2,1-7H3,(H,36,43)(H,37,42);13-14,16-19,21,28-29,40H,8-12,15,20H2,1-7H3,(H,35,42)(H,36,41). The van der Waals surface area contributed by atoms with Crippen molar-refractivity contribution < 1.29 is 110 Å². The van der Waals surface area contributed by atoms with Gasteiger partial charge in [0, 0.05) is 191 Å². The Bertz CT molecular complexity index is 5440. The molecule has 0 aliphatic heterocycles. The lowest BCUT2D eigenvalue weighted by atomic mass is 9.99. The molecule has 0 spiro atoms. The molecule has 0 heterocycles. The smallest absolute Gasteiger partial charge is 0.253 e. The number of benzene rings is 6. The Hall–Kier alpha value is -10.4. The van der Waals surface area contributed by atoms with Crippen molar-refractivity contribution in [2.24, 2.45) is 17.8 Å². The number of aliphatic hydroxyl groups is 3. The fraction of sp³-hybridized carbons (Fsp3) is 0.545. The van der Waals surface area contributed by atoms with Gasteiger partial charge in [-0.1, -0.05) is 103 Å². The Morgan fingerprint density at radius 1 is 0.319 bits per heavy atom. The number of carbonyl (C=O) groups is 9. The van der Waals surface area contributed by atoms with Gasteiger partial charge >= 0.3 is 0 Å². The maximum absolute atomic E-state index is 14.1. The Balaban J connectivity index is 0.000000441. The van der Waals surface area contributed by atoms with Crippen LogP contribution in [0.15, 0.2) is 124 Å². The highest BCUT2D eigenvalue weighted by atomic mass is 32.2. The summed E-state index contributed by atoms with van der Waals surface area (Å²) in [6, 6.07) is 16.1. The molecule has 0 aliphatic rings. The Morgan fingerprint density at radius 2 is 0.567 bits per heavy atom. The minimum Gasteiger partial charge on any atom is -0.390 e. The fourth-order valence-corrected chi connectivity index (χ4v) is 17.6. The normalized spacial score (nSPS) is 13.1. The molecule has 9 N–H and O–H groups in total. The van der Waals surface area contributed by atoms with Crippen LogP contribution in [0.2, 0.25) is 0 Å². The molecule has 0 saturated heterocycles. The largest absolute Gasteiger partial charge is 0.390 e. The van der Waals surface area contributed by atoms with E-state index in [9.17, 15) is 110 Å². The van der Waals surface area contributed by atoms with Crippen molar-refractivity contribution in [2.45, 2.75) is 232 Å². The van der Waals surface area contributed by atoms with Crippen LogP contribution in [0, 0.1) is 52.7 Å². The van der Waals surface area contributed by atoms with E-state index < -0.39 is 137 Å². The number of hydrogen-bond acceptors (Lipinski definition) is 21. The summed E-state index contributed by atoms with van der Waals surface area (Å²) >= 11 is 0. The zero-order valence-electron chi connectivity index (χ0n) is 85.0. The molecule has 0 aliphatic carbocycles. The summed E-state index contributed by atoms with van der Waals surface area (Å²) in [6.45, 7) is 28.8. The first-order valence-corrected chi connectivity index (χ1v) is 51.9. The maximum Gasteiger partial charge on any atom is 0.253 e. The van der Waals surface area contributed by atoms with E-state index in [1.807, 2.05) is 69.2 Å². The third-order valence-corrected chi connectivity index (χ3v) is 27.3. The molecule has 0 aromatic heterocycles. The molecular weight excluding hydrogens is 1900 g/mol. The van der Waals surface area contributed by atoms with Crippen LogP contribution >= 0.6 is 0 Å². The van der Waals surface area contributed by atoms with Gasteiger partial charge in [0.15, 0.2) is 0 Å². The number of carbonyl (C=O) groups excluding carboxylic acids is 9. The van der Waals surface area contributed by atoms with Gasteiger partial charge in [0.25, 0.3) is 35.4 Å². The number of aliphatic hydroxyl groups excluding tert-OH is 3. The number of likely N-dealkylation sites (N-methyl/N-ethyl adjacent to an activating group) is 1. The summed E-state index contributed by atoms with van der Waals surface area (Å²) in [4.78, 5) is 123. The van der Waals surface area contributed by atoms with Gasteiger partial charge in [0.05, 0.1) is 51.1 Å². The molecule has 6 atom stereocenters. The van der Waals surface area contributed by atoms with Crippen LogP contribution < -0.4 is 32.2 Å². The van der Waals surface area contributed by atoms with Crippen molar-refractivity contribution in [2.75, 3.05) is 121 Å². The number of sulfonamides is 3. The molecule has 141 heavy (non-hydrogen) atoms. The second-order valence-electron chi connectivity index (χ2n) is 36.4. The van der Waals surface area contributed by atoms with Crippen molar-refractivity contribution in [1.82, 2.24) is 74.9 Å². The summed E-state index contributed by atoms with van der Waals surface area (Å²) in [6.07, 6.45) is 1.66. The van der Waals surface area contributed by atoms with Crippen LogP contribution in [0.5, 0.6) is 0 Å². The van der Waals surface area contributed by atoms with E-state index in [1.165, 1.54) is 95.7 Å². The lowest BCUT2D eigenvalue weighted by Crippen LogP contribution is -2.54. The zero-order chi connectivity index (χ0) is 106.